The van der Waals surface area contributed by atoms with Crippen LogP contribution >= 0.6 is 0 Å². The second-order valence-electron chi connectivity index (χ2n) is 5.14. The highest BCUT2D eigenvalue weighted by Gasteiger charge is 2.09. The first kappa shape index (κ1) is 19.2. The summed E-state index contributed by atoms with van der Waals surface area (Å²) in [6.07, 6.45) is 0. The molecule has 0 aliphatic carbocycles. The molecule has 1 N–H and O–H groups in total. The minimum absolute atomic E-state index is 0.0134. The summed E-state index contributed by atoms with van der Waals surface area (Å²) in [7, 11) is 0. The second kappa shape index (κ2) is 10.0. The van der Waals surface area contributed by atoms with Crippen LogP contribution in [0.5, 0.6) is 11.5 Å². The largest absolute Gasteiger partial charge is 0.494 e. The minimum Gasteiger partial charge on any atom is -0.494 e. The lowest BCUT2D eigenvalue weighted by atomic mass is 10.2. The summed E-state index contributed by atoms with van der Waals surface area (Å²) < 4.78 is 28.7. The van der Waals surface area contributed by atoms with E-state index in [1.807, 2.05) is 6.92 Å². The van der Waals surface area contributed by atoms with Crippen molar-refractivity contribution in [3.05, 3.63) is 59.9 Å². The summed E-state index contributed by atoms with van der Waals surface area (Å²) >= 11 is 0. The maximum absolute atomic E-state index is 13.3. The lowest BCUT2D eigenvalue weighted by Crippen LogP contribution is -2.31. The summed E-state index contributed by atoms with van der Waals surface area (Å²) in [5.41, 5.74) is 0.407. The van der Waals surface area contributed by atoms with Crippen LogP contribution in [0.25, 0.3) is 0 Å². The number of carbonyl (C=O) groups excluding carboxylic acids is 2. The Bertz CT molecular complexity index is 733. The molecule has 0 aliphatic heterocycles. The van der Waals surface area contributed by atoms with Crippen molar-refractivity contribution in [3.8, 4) is 11.5 Å². The Kier molecular flexibility index (Phi) is 7.42. The van der Waals surface area contributed by atoms with Crippen LogP contribution in [0.1, 0.15) is 17.3 Å². The number of carbonyl (C=O) groups is 2. The van der Waals surface area contributed by atoms with Crippen molar-refractivity contribution in [2.24, 2.45) is 0 Å². The molecule has 7 heteroatoms. The predicted molar refractivity (Wildman–Crippen MR) is 92.8 cm³/mol. The van der Waals surface area contributed by atoms with Gasteiger partial charge in [-0.05, 0) is 43.3 Å². The predicted octanol–water partition coefficient (Wildman–Crippen LogP) is 2.58. The monoisotopic (exact) mass is 361 g/mol. The van der Waals surface area contributed by atoms with Gasteiger partial charge < -0.3 is 19.5 Å². The SMILES string of the molecule is CCOc1ccc(C(=O)NCC(=O)OCCOc2ccccc2F)cc1. The lowest BCUT2D eigenvalue weighted by molar-refractivity contribution is -0.143. The summed E-state index contributed by atoms with van der Waals surface area (Å²) in [4.78, 5) is 23.6. The average molecular weight is 361 g/mol. The molecule has 0 heterocycles. The number of halogens is 1. The molecule has 0 atom stereocenters. The van der Waals surface area contributed by atoms with Gasteiger partial charge in [0.15, 0.2) is 11.6 Å². The van der Waals surface area contributed by atoms with Crippen molar-refractivity contribution in [1.82, 2.24) is 5.32 Å². The fraction of sp³-hybridized carbons (Fsp3) is 0.263. The zero-order valence-electron chi connectivity index (χ0n) is 14.4. The highest BCUT2D eigenvalue weighted by molar-refractivity contribution is 5.96. The molecule has 2 rings (SSSR count). The fourth-order valence-electron chi connectivity index (χ4n) is 2.04. The molecule has 0 radical (unpaired) electrons. The second-order valence-corrected chi connectivity index (χ2v) is 5.14. The number of rotatable bonds is 9. The summed E-state index contributed by atoms with van der Waals surface area (Å²) in [6, 6.07) is 12.5. The number of hydrogen-bond donors (Lipinski definition) is 1. The summed E-state index contributed by atoms with van der Waals surface area (Å²) in [5.74, 6) is -0.735. The van der Waals surface area contributed by atoms with E-state index < -0.39 is 17.7 Å². The Morgan fingerprint density at radius 1 is 1.00 bits per heavy atom. The van der Waals surface area contributed by atoms with Crippen molar-refractivity contribution >= 4 is 11.9 Å². The molecule has 0 fully saturated rings. The normalized spacial score (nSPS) is 10.1. The van der Waals surface area contributed by atoms with E-state index >= 15 is 0 Å². The van der Waals surface area contributed by atoms with Gasteiger partial charge in [-0.25, -0.2) is 4.39 Å². The number of ether oxygens (including phenoxy) is 3. The summed E-state index contributed by atoms with van der Waals surface area (Å²) in [6.45, 7) is 2.10. The highest BCUT2D eigenvalue weighted by atomic mass is 19.1. The highest BCUT2D eigenvalue weighted by Crippen LogP contribution is 2.15. The van der Waals surface area contributed by atoms with E-state index in [0.29, 0.717) is 17.9 Å². The van der Waals surface area contributed by atoms with Gasteiger partial charge >= 0.3 is 5.97 Å². The van der Waals surface area contributed by atoms with E-state index in [1.54, 1.807) is 36.4 Å². The van der Waals surface area contributed by atoms with Gasteiger partial charge in [-0.1, -0.05) is 12.1 Å². The number of nitrogens with one attached hydrogen (secondary N) is 1. The molecule has 0 unspecified atom stereocenters. The zero-order chi connectivity index (χ0) is 18.8. The molecular formula is C19H20FNO5. The van der Waals surface area contributed by atoms with Crippen LogP contribution in [0.3, 0.4) is 0 Å². The average Bonchev–Trinajstić information content (AvgIpc) is 2.65. The van der Waals surface area contributed by atoms with Crippen LogP contribution in [0, 0.1) is 5.82 Å². The van der Waals surface area contributed by atoms with Crippen LogP contribution in [-0.2, 0) is 9.53 Å². The van der Waals surface area contributed by atoms with Gasteiger partial charge in [-0.2, -0.15) is 0 Å². The number of esters is 1. The van der Waals surface area contributed by atoms with Gasteiger partial charge in [-0.3, -0.25) is 9.59 Å². The van der Waals surface area contributed by atoms with E-state index in [4.69, 9.17) is 14.2 Å². The molecule has 0 aliphatic rings. The molecule has 2 aromatic carbocycles. The van der Waals surface area contributed by atoms with Crippen molar-refractivity contribution in [1.29, 1.82) is 0 Å². The fourth-order valence-corrected chi connectivity index (χ4v) is 2.04. The Labute approximate surface area is 150 Å². The van der Waals surface area contributed by atoms with Gasteiger partial charge in [0.25, 0.3) is 5.91 Å². The molecule has 26 heavy (non-hydrogen) atoms. The Hall–Kier alpha value is -3.09. The van der Waals surface area contributed by atoms with Crippen molar-refractivity contribution in [2.75, 3.05) is 26.4 Å². The summed E-state index contributed by atoms with van der Waals surface area (Å²) in [5, 5.41) is 2.46. The molecule has 0 aromatic heterocycles. The van der Waals surface area contributed by atoms with Crippen LogP contribution in [0.4, 0.5) is 4.39 Å². The van der Waals surface area contributed by atoms with Crippen LogP contribution < -0.4 is 14.8 Å². The smallest absolute Gasteiger partial charge is 0.325 e. The Morgan fingerprint density at radius 2 is 1.73 bits per heavy atom. The van der Waals surface area contributed by atoms with Crippen molar-refractivity contribution < 1.29 is 28.2 Å². The van der Waals surface area contributed by atoms with E-state index in [2.05, 4.69) is 5.32 Å². The van der Waals surface area contributed by atoms with Crippen LogP contribution in [0.2, 0.25) is 0 Å². The van der Waals surface area contributed by atoms with Crippen LogP contribution in [0.15, 0.2) is 48.5 Å². The molecule has 1 amide bonds. The molecule has 138 valence electrons. The molecule has 0 spiro atoms. The quantitative estimate of drug-likeness (QED) is 0.549. The first-order valence-electron chi connectivity index (χ1n) is 8.14. The van der Waals surface area contributed by atoms with E-state index in [1.165, 1.54) is 12.1 Å². The van der Waals surface area contributed by atoms with E-state index in [0.717, 1.165) is 0 Å². The maximum atomic E-state index is 13.3. The zero-order valence-corrected chi connectivity index (χ0v) is 14.4. The van der Waals surface area contributed by atoms with Gasteiger partial charge in [-0.15, -0.1) is 0 Å². The third kappa shape index (κ3) is 6.08. The van der Waals surface area contributed by atoms with Crippen LogP contribution in [-0.4, -0.2) is 38.2 Å². The van der Waals surface area contributed by atoms with Gasteiger partial charge in [0, 0.05) is 5.56 Å². The minimum atomic E-state index is -0.610. The van der Waals surface area contributed by atoms with E-state index in [-0.39, 0.29) is 25.5 Å². The third-order valence-electron chi connectivity index (χ3n) is 3.26. The number of hydrogen-bond acceptors (Lipinski definition) is 5. The molecule has 0 saturated heterocycles. The first-order chi connectivity index (χ1) is 12.6. The number of benzene rings is 2. The number of amides is 1. The molecule has 0 saturated carbocycles. The Balaban J connectivity index is 1.66. The molecule has 6 nitrogen and oxygen atoms in total. The van der Waals surface area contributed by atoms with Gasteiger partial charge in [0.1, 0.15) is 25.5 Å². The molecule has 0 bridgehead atoms. The lowest BCUT2D eigenvalue weighted by Gasteiger charge is -2.09. The Morgan fingerprint density at radius 3 is 2.42 bits per heavy atom. The first-order valence-corrected chi connectivity index (χ1v) is 8.14. The maximum Gasteiger partial charge on any atom is 0.325 e. The van der Waals surface area contributed by atoms with Gasteiger partial charge in [0.2, 0.25) is 0 Å². The third-order valence-corrected chi connectivity index (χ3v) is 3.26. The number of para-hydroxylation sites is 1. The van der Waals surface area contributed by atoms with Crippen molar-refractivity contribution in [3.63, 3.8) is 0 Å². The topological polar surface area (TPSA) is 73.9 Å². The molecule has 2 aromatic rings. The van der Waals surface area contributed by atoms with Crippen molar-refractivity contribution in [2.45, 2.75) is 6.92 Å². The van der Waals surface area contributed by atoms with E-state index in [9.17, 15) is 14.0 Å². The standard InChI is InChI=1S/C19H20FNO5/c1-2-24-15-9-7-14(8-10-15)19(23)21-13-18(22)26-12-11-25-17-6-4-3-5-16(17)20/h3-10H,2,11-13H2,1H3,(H,21,23). The molecular weight excluding hydrogens is 341 g/mol. The van der Waals surface area contributed by atoms with Gasteiger partial charge in [0.05, 0.1) is 6.61 Å².